The predicted molar refractivity (Wildman–Crippen MR) is 90.3 cm³/mol. The Morgan fingerprint density at radius 1 is 1.00 bits per heavy atom. The topological polar surface area (TPSA) is 49.4 Å². The molecular weight excluding hydrogens is 326 g/mol. The minimum atomic E-state index is -0.548. The highest BCUT2D eigenvalue weighted by Gasteiger charge is 2.38. The summed E-state index contributed by atoms with van der Waals surface area (Å²) in [7, 11) is 0. The van der Waals surface area contributed by atoms with Gasteiger partial charge >= 0.3 is 0 Å². The van der Waals surface area contributed by atoms with Gasteiger partial charge in [-0.1, -0.05) is 24.3 Å². The number of nitrogens with one attached hydrogen (secondary N) is 1. The summed E-state index contributed by atoms with van der Waals surface area (Å²) < 4.78 is 26.6. The van der Waals surface area contributed by atoms with Crippen molar-refractivity contribution in [3.63, 3.8) is 0 Å². The van der Waals surface area contributed by atoms with Crippen LogP contribution in [0.25, 0.3) is 5.57 Å². The Bertz CT molecular complexity index is 889. The average molecular weight is 340 g/mol. The monoisotopic (exact) mass is 340 g/mol. The quantitative estimate of drug-likeness (QED) is 0.671. The van der Waals surface area contributed by atoms with Crippen LogP contribution in [0.3, 0.4) is 0 Å². The Labute approximate surface area is 143 Å². The predicted octanol–water partition coefficient (Wildman–Crippen LogP) is 3.34. The van der Waals surface area contributed by atoms with Gasteiger partial charge in [-0.05, 0) is 35.9 Å². The molecule has 2 aromatic rings. The second kappa shape index (κ2) is 6.68. The highest BCUT2D eigenvalue weighted by Crippen LogP contribution is 2.30. The van der Waals surface area contributed by atoms with E-state index in [2.05, 4.69) is 11.9 Å². The minimum absolute atomic E-state index is 0.0176. The lowest BCUT2D eigenvalue weighted by atomic mass is 10.0. The molecule has 0 aromatic heterocycles. The van der Waals surface area contributed by atoms with Gasteiger partial charge in [-0.2, -0.15) is 0 Å². The summed E-state index contributed by atoms with van der Waals surface area (Å²) in [5, 5.41) is 2.81. The van der Waals surface area contributed by atoms with Crippen LogP contribution in [0.4, 0.5) is 14.5 Å². The molecule has 0 atom stereocenters. The number of imide groups is 1. The second-order valence-corrected chi connectivity index (χ2v) is 5.40. The summed E-state index contributed by atoms with van der Waals surface area (Å²) in [5.74, 6) is -2.00. The highest BCUT2D eigenvalue weighted by molar-refractivity contribution is 6.36. The second-order valence-electron chi connectivity index (χ2n) is 5.40. The number of anilines is 1. The lowest BCUT2D eigenvalue weighted by Crippen LogP contribution is -2.32. The zero-order valence-electron chi connectivity index (χ0n) is 13.1. The normalized spacial score (nSPS) is 14.2. The van der Waals surface area contributed by atoms with Gasteiger partial charge in [0, 0.05) is 12.2 Å². The van der Waals surface area contributed by atoms with Gasteiger partial charge in [0.15, 0.2) is 0 Å². The van der Waals surface area contributed by atoms with Crippen molar-refractivity contribution in [2.45, 2.75) is 0 Å². The minimum Gasteiger partial charge on any atom is -0.350 e. The Balaban J connectivity index is 2.08. The molecule has 126 valence electrons. The molecule has 0 spiro atoms. The number of amides is 2. The molecule has 2 aromatic carbocycles. The first-order valence-corrected chi connectivity index (χ1v) is 7.51. The van der Waals surface area contributed by atoms with Crippen LogP contribution in [-0.2, 0) is 9.59 Å². The van der Waals surface area contributed by atoms with Gasteiger partial charge in [-0.25, -0.2) is 8.78 Å². The Morgan fingerprint density at radius 2 is 1.72 bits per heavy atom. The first-order chi connectivity index (χ1) is 12.0. The number of carbonyl (C=O) groups is 2. The number of halogens is 2. The van der Waals surface area contributed by atoms with Crippen molar-refractivity contribution in [1.29, 1.82) is 0 Å². The van der Waals surface area contributed by atoms with E-state index < -0.39 is 23.4 Å². The van der Waals surface area contributed by atoms with Crippen LogP contribution >= 0.6 is 0 Å². The van der Waals surface area contributed by atoms with Crippen molar-refractivity contribution in [2.24, 2.45) is 0 Å². The summed E-state index contributed by atoms with van der Waals surface area (Å²) in [4.78, 5) is 26.3. The summed E-state index contributed by atoms with van der Waals surface area (Å²) in [5.41, 5.74) is 0.849. The smallest absolute Gasteiger partial charge is 0.278 e. The molecule has 0 saturated carbocycles. The van der Waals surface area contributed by atoms with E-state index in [9.17, 15) is 18.4 Å². The van der Waals surface area contributed by atoms with E-state index in [-0.39, 0.29) is 17.8 Å². The zero-order chi connectivity index (χ0) is 18.0. The van der Waals surface area contributed by atoms with Gasteiger partial charge in [0.25, 0.3) is 11.8 Å². The SMILES string of the molecule is C=CCN1C(=O)C(Nc2cccc(F)c2)=C(c2ccc(F)cc2)C1=O. The van der Waals surface area contributed by atoms with E-state index in [1.807, 2.05) is 0 Å². The molecule has 1 aliphatic heterocycles. The Morgan fingerprint density at radius 3 is 2.36 bits per heavy atom. The van der Waals surface area contributed by atoms with Crippen LogP contribution in [0.1, 0.15) is 5.56 Å². The van der Waals surface area contributed by atoms with E-state index in [1.165, 1.54) is 48.5 Å². The fourth-order valence-corrected chi connectivity index (χ4v) is 2.58. The van der Waals surface area contributed by atoms with Gasteiger partial charge < -0.3 is 5.32 Å². The van der Waals surface area contributed by atoms with Crippen LogP contribution in [-0.4, -0.2) is 23.3 Å². The fraction of sp³-hybridized carbons (Fsp3) is 0.0526. The lowest BCUT2D eigenvalue weighted by molar-refractivity contribution is -0.136. The zero-order valence-corrected chi connectivity index (χ0v) is 13.1. The molecule has 3 rings (SSSR count). The number of benzene rings is 2. The van der Waals surface area contributed by atoms with Gasteiger partial charge in [0.1, 0.15) is 17.3 Å². The molecule has 1 heterocycles. The van der Waals surface area contributed by atoms with Crippen molar-refractivity contribution in [2.75, 3.05) is 11.9 Å². The third-order valence-electron chi connectivity index (χ3n) is 3.71. The van der Waals surface area contributed by atoms with Gasteiger partial charge in [0.05, 0.1) is 5.57 Å². The maximum atomic E-state index is 13.4. The first-order valence-electron chi connectivity index (χ1n) is 7.51. The molecule has 0 unspecified atom stereocenters. The third-order valence-corrected chi connectivity index (χ3v) is 3.71. The largest absolute Gasteiger partial charge is 0.350 e. The van der Waals surface area contributed by atoms with E-state index in [4.69, 9.17) is 0 Å². The molecule has 0 aliphatic carbocycles. The van der Waals surface area contributed by atoms with Gasteiger partial charge in [-0.15, -0.1) is 6.58 Å². The number of hydrogen-bond acceptors (Lipinski definition) is 3. The summed E-state index contributed by atoms with van der Waals surface area (Å²) in [6.07, 6.45) is 1.43. The van der Waals surface area contributed by atoms with Crippen molar-refractivity contribution in [1.82, 2.24) is 4.90 Å². The molecule has 2 amide bonds. The molecule has 0 fully saturated rings. The van der Waals surface area contributed by atoms with Crippen LogP contribution in [0.5, 0.6) is 0 Å². The summed E-state index contributed by atoms with van der Waals surface area (Å²) in [6.45, 7) is 3.58. The first kappa shape index (κ1) is 16.6. The Hall–Kier alpha value is -3.28. The van der Waals surface area contributed by atoms with Crippen LogP contribution in [0, 0.1) is 11.6 Å². The van der Waals surface area contributed by atoms with Gasteiger partial charge in [0.2, 0.25) is 0 Å². The summed E-state index contributed by atoms with van der Waals surface area (Å²) in [6, 6.07) is 10.8. The molecule has 6 heteroatoms. The van der Waals surface area contributed by atoms with E-state index in [1.54, 1.807) is 6.07 Å². The van der Waals surface area contributed by atoms with E-state index >= 15 is 0 Å². The number of hydrogen-bond donors (Lipinski definition) is 1. The standard InChI is InChI=1S/C19H14F2N2O2/c1-2-10-23-18(24)16(12-6-8-13(20)9-7-12)17(19(23)25)22-15-5-3-4-14(21)11-15/h2-9,11,22H,1,10H2. The molecule has 1 aliphatic rings. The van der Waals surface area contributed by atoms with E-state index in [0.29, 0.717) is 11.3 Å². The molecule has 0 bridgehead atoms. The van der Waals surface area contributed by atoms with Crippen molar-refractivity contribution >= 4 is 23.1 Å². The highest BCUT2D eigenvalue weighted by atomic mass is 19.1. The molecular formula is C19H14F2N2O2. The number of nitrogens with zero attached hydrogens (tertiary/aromatic N) is 1. The molecule has 25 heavy (non-hydrogen) atoms. The molecule has 4 nitrogen and oxygen atoms in total. The van der Waals surface area contributed by atoms with Crippen molar-refractivity contribution in [3.8, 4) is 0 Å². The van der Waals surface area contributed by atoms with Crippen LogP contribution in [0.15, 0.2) is 66.9 Å². The number of rotatable bonds is 5. The van der Waals surface area contributed by atoms with Crippen LogP contribution in [0.2, 0.25) is 0 Å². The Kier molecular flexibility index (Phi) is 4.43. The third kappa shape index (κ3) is 3.19. The maximum Gasteiger partial charge on any atom is 0.278 e. The van der Waals surface area contributed by atoms with Gasteiger partial charge in [-0.3, -0.25) is 14.5 Å². The molecule has 1 N–H and O–H groups in total. The lowest BCUT2D eigenvalue weighted by Gasteiger charge is -2.12. The molecule has 0 saturated heterocycles. The number of carbonyl (C=O) groups excluding carboxylic acids is 2. The summed E-state index contributed by atoms with van der Waals surface area (Å²) >= 11 is 0. The van der Waals surface area contributed by atoms with E-state index in [0.717, 1.165) is 4.90 Å². The van der Waals surface area contributed by atoms with Crippen molar-refractivity contribution in [3.05, 3.63) is 84.1 Å². The van der Waals surface area contributed by atoms with Crippen molar-refractivity contribution < 1.29 is 18.4 Å². The fourth-order valence-electron chi connectivity index (χ4n) is 2.58. The molecule has 0 radical (unpaired) electrons. The maximum absolute atomic E-state index is 13.4. The average Bonchev–Trinajstić information content (AvgIpc) is 2.81. The van der Waals surface area contributed by atoms with Crippen LogP contribution < -0.4 is 5.32 Å².